The van der Waals surface area contributed by atoms with Crippen LogP contribution in [0.25, 0.3) is 0 Å². The highest BCUT2D eigenvalue weighted by atomic mass is 32.2. The van der Waals surface area contributed by atoms with Gasteiger partial charge in [0.1, 0.15) is 11.5 Å². The van der Waals surface area contributed by atoms with E-state index in [2.05, 4.69) is 15.2 Å². The molecule has 3 N–H and O–H groups in total. The van der Waals surface area contributed by atoms with Gasteiger partial charge >= 0.3 is 0 Å². The van der Waals surface area contributed by atoms with Gasteiger partial charge in [-0.2, -0.15) is 0 Å². The zero-order valence-electron chi connectivity index (χ0n) is 23.4. The topological polar surface area (TPSA) is 131 Å². The molecule has 0 saturated heterocycles. The Bertz CT molecular complexity index is 1400. The maximum Gasteiger partial charge on any atom is 0.291 e. The van der Waals surface area contributed by atoms with Gasteiger partial charge in [0.05, 0.1) is 16.0 Å². The number of rotatable bonds is 10. The van der Waals surface area contributed by atoms with Crippen LogP contribution < -0.4 is 14.8 Å². The third-order valence-corrected chi connectivity index (χ3v) is 13.0. The van der Waals surface area contributed by atoms with Gasteiger partial charge in [0, 0.05) is 11.3 Å². The molecule has 8 rings (SSSR count). The number of aryl methyl sites for hydroxylation is 1. The predicted octanol–water partition coefficient (Wildman–Crippen LogP) is 4.58. The smallest absolute Gasteiger partial charge is 0.291 e. The van der Waals surface area contributed by atoms with Crippen molar-refractivity contribution in [2.45, 2.75) is 110 Å². The van der Waals surface area contributed by atoms with Crippen molar-refractivity contribution in [3.8, 4) is 5.88 Å². The van der Waals surface area contributed by atoms with Gasteiger partial charge in [-0.3, -0.25) is 4.79 Å². The molecule has 2 atom stereocenters. The molecule has 6 fully saturated rings. The van der Waals surface area contributed by atoms with Gasteiger partial charge in [-0.05, 0) is 99.8 Å². The number of amides is 1. The quantitative estimate of drug-likeness (QED) is 0.361. The number of ether oxygens (including phenoxy) is 1. The van der Waals surface area contributed by atoms with Crippen LogP contribution >= 0.6 is 11.8 Å². The van der Waals surface area contributed by atoms with Crippen LogP contribution in [0.1, 0.15) is 86.7 Å². The fourth-order valence-corrected chi connectivity index (χ4v) is 10.7. The Morgan fingerprint density at radius 2 is 1.80 bits per heavy atom. The molecule has 6 aliphatic carbocycles. The summed E-state index contributed by atoms with van der Waals surface area (Å²) in [7, 11) is -3.70. The number of aliphatic hydroxyl groups is 1. The molecule has 41 heavy (non-hydrogen) atoms. The predicted molar refractivity (Wildman–Crippen MR) is 153 cm³/mol. The Hall–Kier alpha value is -2.08. The molecule has 0 spiro atoms. The average Bonchev–Trinajstić information content (AvgIpc) is 3.28. The first-order valence-corrected chi connectivity index (χ1v) is 17.4. The Morgan fingerprint density at radius 1 is 1.12 bits per heavy atom. The van der Waals surface area contributed by atoms with E-state index >= 15 is 0 Å². The number of sulfonamides is 1. The Kier molecular flexibility index (Phi) is 6.95. The molecule has 0 aliphatic heterocycles. The van der Waals surface area contributed by atoms with Crippen molar-refractivity contribution in [3.63, 3.8) is 0 Å². The zero-order chi connectivity index (χ0) is 28.4. The van der Waals surface area contributed by atoms with Crippen LogP contribution in [0.2, 0.25) is 0 Å². The minimum Gasteiger partial charge on any atom is -0.473 e. The average molecular weight is 602 g/mol. The van der Waals surface area contributed by atoms with Crippen molar-refractivity contribution in [1.82, 2.24) is 15.2 Å². The molecule has 1 heterocycles. The van der Waals surface area contributed by atoms with E-state index in [4.69, 9.17) is 9.26 Å². The van der Waals surface area contributed by atoms with Gasteiger partial charge in [0.2, 0.25) is 15.8 Å². The van der Waals surface area contributed by atoms with Gasteiger partial charge in [-0.15, -0.1) is 11.8 Å². The number of aromatic nitrogens is 1. The molecule has 6 aliphatic rings. The maximum atomic E-state index is 13.6. The highest BCUT2D eigenvalue weighted by molar-refractivity contribution is 8.00. The summed E-state index contributed by atoms with van der Waals surface area (Å²) in [5.41, 5.74) is -0.276. The highest BCUT2D eigenvalue weighted by Crippen LogP contribution is 2.55. The molecule has 6 saturated carbocycles. The van der Waals surface area contributed by atoms with Crippen LogP contribution in [-0.4, -0.2) is 53.6 Å². The number of hydrogen-bond acceptors (Lipinski definition) is 8. The van der Waals surface area contributed by atoms with E-state index < -0.39 is 21.2 Å². The Morgan fingerprint density at radius 3 is 2.44 bits per heavy atom. The van der Waals surface area contributed by atoms with E-state index in [1.165, 1.54) is 0 Å². The third-order valence-electron chi connectivity index (χ3n) is 9.97. The zero-order valence-corrected chi connectivity index (χ0v) is 25.1. The van der Waals surface area contributed by atoms with Crippen LogP contribution in [-0.2, 0) is 10.0 Å². The maximum absolute atomic E-state index is 13.6. The first-order chi connectivity index (χ1) is 19.6. The molecule has 9 nitrogen and oxygen atoms in total. The van der Waals surface area contributed by atoms with Crippen molar-refractivity contribution in [1.29, 1.82) is 0 Å². The van der Waals surface area contributed by atoms with E-state index in [0.717, 1.165) is 63.4 Å². The standard InChI is InChI=1S/C30H39N3O6S2/c1-18-6-8-23(9-7-18)41(36,37)33-29(10-11-29)17-38-28-26(40-22-4-2-3-5-22)25(39-32-28)27(34)31-24-20-12-19-13-21(24)16-30(35,14-19)15-20/h6-9,19-22,24,33,35H,2-5,10-17H2,1H3,(H,31,34). The first-order valence-electron chi connectivity index (χ1n) is 15.0. The van der Waals surface area contributed by atoms with Gasteiger partial charge < -0.3 is 19.7 Å². The SMILES string of the molecule is Cc1ccc(S(=O)(=O)NC2(COc3noc(C(=O)NC4C5CC6CC4CC(O)(C6)C5)c3SC3CCCC3)CC2)cc1. The largest absolute Gasteiger partial charge is 0.473 e. The summed E-state index contributed by atoms with van der Waals surface area (Å²) in [5, 5.41) is 18.7. The molecular formula is C30H39N3O6S2. The van der Waals surface area contributed by atoms with Gasteiger partial charge in [0.25, 0.3) is 11.8 Å². The molecular weight excluding hydrogens is 562 g/mol. The second-order valence-electron chi connectivity index (χ2n) is 13.4. The normalized spacial score (nSPS) is 31.9. The lowest BCUT2D eigenvalue weighted by molar-refractivity contribution is -0.137. The number of nitrogens with one attached hydrogen (secondary N) is 2. The molecule has 1 aromatic carbocycles. The number of thioether (sulfide) groups is 1. The number of carbonyl (C=O) groups excluding carboxylic acids is 1. The van der Waals surface area contributed by atoms with E-state index in [0.29, 0.717) is 28.9 Å². The summed E-state index contributed by atoms with van der Waals surface area (Å²) in [4.78, 5) is 14.5. The molecule has 11 heteroatoms. The number of nitrogens with zero attached hydrogens (tertiary/aromatic N) is 1. The summed E-state index contributed by atoms with van der Waals surface area (Å²) in [6.45, 7) is 2.03. The minimum atomic E-state index is -3.70. The molecule has 0 radical (unpaired) electrons. The van der Waals surface area contributed by atoms with Crippen molar-refractivity contribution < 1.29 is 27.6 Å². The minimum absolute atomic E-state index is 0.0315. The first kappa shape index (κ1) is 27.7. The fraction of sp³-hybridized carbons (Fsp3) is 0.667. The van der Waals surface area contributed by atoms with Crippen molar-refractivity contribution >= 4 is 27.7 Å². The van der Waals surface area contributed by atoms with Crippen LogP contribution in [0.4, 0.5) is 0 Å². The van der Waals surface area contributed by atoms with Gasteiger partial charge in [-0.25, -0.2) is 13.1 Å². The van der Waals surface area contributed by atoms with Gasteiger partial charge in [-0.1, -0.05) is 30.5 Å². The molecule has 4 bridgehead atoms. The van der Waals surface area contributed by atoms with Gasteiger partial charge in [0.15, 0.2) is 0 Å². The van der Waals surface area contributed by atoms with E-state index in [-0.39, 0.29) is 46.9 Å². The summed E-state index contributed by atoms with van der Waals surface area (Å²) >= 11 is 1.59. The van der Waals surface area contributed by atoms with E-state index in [1.807, 2.05) is 6.92 Å². The Balaban J connectivity index is 1.07. The van der Waals surface area contributed by atoms with Crippen molar-refractivity contribution in [2.75, 3.05) is 6.61 Å². The monoisotopic (exact) mass is 601 g/mol. The summed E-state index contributed by atoms with van der Waals surface area (Å²) < 4.78 is 40.7. The number of carbonyl (C=O) groups is 1. The van der Waals surface area contributed by atoms with E-state index in [9.17, 15) is 18.3 Å². The third kappa shape index (κ3) is 5.55. The number of benzene rings is 1. The van der Waals surface area contributed by atoms with E-state index in [1.54, 1.807) is 36.0 Å². The van der Waals surface area contributed by atoms with Crippen LogP contribution in [0.3, 0.4) is 0 Å². The Labute approximate surface area is 245 Å². The van der Waals surface area contributed by atoms with Crippen molar-refractivity contribution in [2.24, 2.45) is 17.8 Å². The lowest BCUT2D eigenvalue weighted by Crippen LogP contribution is -2.61. The molecule has 1 aromatic heterocycles. The molecule has 2 aromatic rings. The summed E-state index contributed by atoms with van der Waals surface area (Å²) in [6, 6.07) is 6.81. The van der Waals surface area contributed by atoms with Crippen LogP contribution in [0.5, 0.6) is 5.88 Å². The van der Waals surface area contributed by atoms with Crippen LogP contribution in [0.15, 0.2) is 38.6 Å². The second kappa shape index (κ2) is 10.3. The fourth-order valence-electron chi connectivity index (χ4n) is 7.91. The summed E-state index contributed by atoms with van der Waals surface area (Å²) in [5.74, 6) is 1.29. The van der Waals surface area contributed by atoms with Crippen molar-refractivity contribution in [3.05, 3.63) is 35.6 Å². The lowest BCUT2D eigenvalue weighted by Gasteiger charge is -2.58. The molecule has 1 amide bonds. The number of hydrogen-bond donors (Lipinski definition) is 3. The highest BCUT2D eigenvalue weighted by Gasteiger charge is 2.55. The molecule has 2 unspecified atom stereocenters. The van der Waals surface area contributed by atoms with Crippen LogP contribution in [0, 0.1) is 24.7 Å². The second-order valence-corrected chi connectivity index (χ2v) is 16.3. The molecule has 222 valence electrons. The summed E-state index contributed by atoms with van der Waals surface area (Å²) in [6.07, 6.45) is 10.2. The lowest BCUT2D eigenvalue weighted by atomic mass is 9.52.